The van der Waals surface area contributed by atoms with Gasteiger partial charge in [-0.25, -0.2) is 4.99 Å². The van der Waals surface area contributed by atoms with Gasteiger partial charge in [0.05, 0.1) is 6.54 Å². The number of benzene rings is 1. The highest BCUT2D eigenvalue weighted by Gasteiger charge is 2.43. The highest BCUT2D eigenvalue weighted by atomic mass is 16.2. The molecule has 3 fully saturated rings. The predicted molar refractivity (Wildman–Crippen MR) is 108 cm³/mol. The van der Waals surface area contributed by atoms with Crippen LogP contribution in [0.2, 0.25) is 0 Å². The molecule has 0 unspecified atom stereocenters. The van der Waals surface area contributed by atoms with E-state index in [2.05, 4.69) is 41.4 Å². The van der Waals surface area contributed by atoms with Crippen LogP contribution in [0.15, 0.2) is 29.3 Å². The smallest absolute Gasteiger partial charge is 0.222 e. The van der Waals surface area contributed by atoms with Gasteiger partial charge in [0.2, 0.25) is 5.91 Å². The summed E-state index contributed by atoms with van der Waals surface area (Å²) >= 11 is 0. The predicted octanol–water partition coefficient (Wildman–Crippen LogP) is 3.15. The largest absolute Gasteiger partial charge is 0.357 e. The van der Waals surface area contributed by atoms with Crippen LogP contribution in [0.1, 0.15) is 56.6 Å². The molecule has 0 aromatic heterocycles. The van der Waals surface area contributed by atoms with Gasteiger partial charge in [0.25, 0.3) is 0 Å². The van der Waals surface area contributed by atoms with Gasteiger partial charge in [0.15, 0.2) is 5.96 Å². The molecule has 4 rings (SSSR count). The summed E-state index contributed by atoms with van der Waals surface area (Å²) in [4.78, 5) is 21.1. The van der Waals surface area contributed by atoms with Gasteiger partial charge < -0.3 is 15.1 Å². The van der Waals surface area contributed by atoms with Gasteiger partial charge in [-0.05, 0) is 49.1 Å². The van der Waals surface area contributed by atoms with Crippen molar-refractivity contribution in [2.75, 3.05) is 26.2 Å². The Bertz CT molecular complexity index is 693. The van der Waals surface area contributed by atoms with E-state index in [0.29, 0.717) is 18.4 Å². The molecule has 146 valence electrons. The van der Waals surface area contributed by atoms with Crippen LogP contribution < -0.4 is 5.32 Å². The molecular formula is C22H32N4O. The molecule has 1 aromatic rings. The first-order valence-corrected chi connectivity index (χ1v) is 10.6. The van der Waals surface area contributed by atoms with Gasteiger partial charge in [-0.3, -0.25) is 4.79 Å². The van der Waals surface area contributed by atoms with Crippen molar-refractivity contribution in [2.24, 2.45) is 10.4 Å². The number of hydrogen-bond donors (Lipinski definition) is 1. The zero-order valence-electron chi connectivity index (χ0n) is 16.5. The van der Waals surface area contributed by atoms with Gasteiger partial charge in [0, 0.05) is 39.1 Å². The summed E-state index contributed by atoms with van der Waals surface area (Å²) < 4.78 is 0. The molecule has 1 amide bonds. The Balaban J connectivity index is 1.35. The number of guanidine groups is 1. The van der Waals surface area contributed by atoms with Crippen LogP contribution in [0.4, 0.5) is 0 Å². The molecule has 1 spiro atoms. The SMILES string of the molecule is CCNC(=NCc1ccc(CN2CCCC2=O)cc1)N1CCC2(CCC2)C1. The second kappa shape index (κ2) is 7.91. The van der Waals surface area contributed by atoms with Gasteiger partial charge in [-0.1, -0.05) is 30.7 Å². The minimum Gasteiger partial charge on any atom is -0.357 e. The molecule has 5 heteroatoms. The standard InChI is InChI=1S/C22H32N4O/c1-2-23-21(26-14-12-22(17-26)10-4-11-22)24-15-18-6-8-19(9-7-18)16-25-13-3-5-20(25)27/h6-9H,2-5,10-17H2,1H3,(H,23,24). The average Bonchev–Trinajstić information content (AvgIpc) is 3.27. The van der Waals surface area contributed by atoms with E-state index in [0.717, 1.165) is 38.6 Å². The van der Waals surface area contributed by atoms with Crippen molar-refractivity contribution in [3.63, 3.8) is 0 Å². The Labute approximate surface area is 162 Å². The van der Waals surface area contributed by atoms with Gasteiger partial charge in [-0.15, -0.1) is 0 Å². The molecule has 2 aliphatic heterocycles. The zero-order valence-corrected chi connectivity index (χ0v) is 16.5. The molecule has 1 N–H and O–H groups in total. The third kappa shape index (κ3) is 4.12. The van der Waals surface area contributed by atoms with Crippen LogP contribution >= 0.6 is 0 Å². The summed E-state index contributed by atoms with van der Waals surface area (Å²) in [6.07, 6.45) is 7.21. The minimum absolute atomic E-state index is 0.286. The monoisotopic (exact) mass is 368 g/mol. The van der Waals surface area contributed by atoms with Crippen LogP contribution in [-0.2, 0) is 17.9 Å². The van der Waals surface area contributed by atoms with Crippen LogP contribution in [0.25, 0.3) is 0 Å². The van der Waals surface area contributed by atoms with Crippen LogP contribution in [-0.4, -0.2) is 47.8 Å². The quantitative estimate of drug-likeness (QED) is 0.642. The van der Waals surface area contributed by atoms with Crippen molar-refractivity contribution in [3.8, 4) is 0 Å². The lowest BCUT2D eigenvalue weighted by molar-refractivity contribution is -0.128. The Kier molecular flexibility index (Phi) is 5.37. The zero-order chi connectivity index (χ0) is 18.7. The lowest BCUT2D eigenvalue weighted by atomic mass is 9.68. The fourth-order valence-corrected chi connectivity index (χ4v) is 4.63. The van der Waals surface area contributed by atoms with E-state index in [-0.39, 0.29) is 5.91 Å². The van der Waals surface area contributed by atoms with Gasteiger partial charge in [0.1, 0.15) is 0 Å². The Morgan fingerprint density at radius 2 is 1.89 bits per heavy atom. The second-order valence-electron chi connectivity index (χ2n) is 8.43. The van der Waals surface area contributed by atoms with E-state index >= 15 is 0 Å². The molecular weight excluding hydrogens is 336 g/mol. The number of nitrogens with one attached hydrogen (secondary N) is 1. The number of aliphatic imine (C=N–C) groups is 1. The summed E-state index contributed by atoms with van der Waals surface area (Å²) in [5.41, 5.74) is 3.01. The van der Waals surface area contributed by atoms with Gasteiger partial charge >= 0.3 is 0 Å². The first kappa shape index (κ1) is 18.3. The van der Waals surface area contributed by atoms with E-state index in [1.165, 1.54) is 43.4 Å². The molecule has 0 bridgehead atoms. The Morgan fingerprint density at radius 1 is 1.11 bits per heavy atom. The summed E-state index contributed by atoms with van der Waals surface area (Å²) in [7, 11) is 0. The molecule has 0 radical (unpaired) electrons. The van der Waals surface area contributed by atoms with Crippen molar-refractivity contribution < 1.29 is 4.79 Å². The summed E-state index contributed by atoms with van der Waals surface area (Å²) in [6, 6.07) is 8.59. The fraction of sp³-hybridized carbons (Fsp3) is 0.636. The number of rotatable bonds is 5. The van der Waals surface area contributed by atoms with Crippen LogP contribution in [0.3, 0.4) is 0 Å². The fourth-order valence-electron chi connectivity index (χ4n) is 4.63. The molecule has 0 atom stereocenters. The molecule has 1 aromatic carbocycles. The number of hydrogen-bond acceptors (Lipinski definition) is 2. The minimum atomic E-state index is 0.286. The highest BCUT2D eigenvalue weighted by molar-refractivity contribution is 5.80. The summed E-state index contributed by atoms with van der Waals surface area (Å²) in [6.45, 7) is 7.68. The van der Waals surface area contributed by atoms with Crippen LogP contribution in [0, 0.1) is 5.41 Å². The van der Waals surface area contributed by atoms with E-state index in [1.807, 2.05) is 4.90 Å². The maximum atomic E-state index is 11.8. The van der Waals surface area contributed by atoms with Crippen molar-refractivity contribution in [2.45, 2.75) is 58.5 Å². The molecule has 5 nitrogen and oxygen atoms in total. The highest BCUT2D eigenvalue weighted by Crippen LogP contribution is 2.47. The third-order valence-corrected chi connectivity index (χ3v) is 6.47. The lowest BCUT2D eigenvalue weighted by Gasteiger charge is -2.38. The Hall–Kier alpha value is -2.04. The number of nitrogens with zero attached hydrogens (tertiary/aromatic N) is 3. The molecule has 1 saturated carbocycles. The molecule has 3 aliphatic rings. The second-order valence-corrected chi connectivity index (χ2v) is 8.43. The van der Waals surface area contributed by atoms with Crippen molar-refractivity contribution in [3.05, 3.63) is 35.4 Å². The number of carbonyl (C=O) groups excluding carboxylic acids is 1. The van der Waals surface area contributed by atoms with Crippen LogP contribution in [0.5, 0.6) is 0 Å². The molecule has 1 aliphatic carbocycles. The maximum Gasteiger partial charge on any atom is 0.222 e. The average molecular weight is 369 g/mol. The first-order chi connectivity index (χ1) is 13.2. The number of amides is 1. The first-order valence-electron chi connectivity index (χ1n) is 10.6. The maximum absolute atomic E-state index is 11.8. The normalized spacial score (nSPS) is 21.8. The molecule has 2 heterocycles. The topological polar surface area (TPSA) is 47.9 Å². The van der Waals surface area contributed by atoms with E-state index in [1.54, 1.807) is 0 Å². The molecule has 2 saturated heterocycles. The van der Waals surface area contributed by atoms with Crippen molar-refractivity contribution >= 4 is 11.9 Å². The Morgan fingerprint density at radius 3 is 2.48 bits per heavy atom. The van der Waals surface area contributed by atoms with E-state index in [9.17, 15) is 4.79 Å². The van der Waals surface area contributed by atoms with Crippen molar-refractivity contribution in [1.82, 2.24) is 15.1 Å². The summed E-state index contributed by atoms with van der Waals surface area (Å²) in [5.74, 6) is 1.35. The number of carbonyl (C=O) groups is 1. The van der Waals surface area contributed by atoms with Gasteiger partial charge in [-0.2, -0.15) is 0 Å². The van der Waals surface area contributed by atoms with E-state index < -0.39 is 0 Å². The lowest BCUT2D eigenvalue weighted by Crippen LogP contribution is -2.42. The third-order valence-electron chi connectivity index (χ3n) is 6.47. The van der Waals surface area contributed by atoms with E-state index in [4.69, 9.17) is 4.99 Å². The van der Waals surface area contributed by atoms with Crippen molar-refractivity contribution in [1.29, 1.82) is 0 Å². The summed E-state index contributed by atoms with van der Waals surface area (Å²) in [5, 5.41) is 3.48. The number of likely N-dealkylation sites (tertiary alicyclic amines) is 2. The molecule has 27 heavy (non-hydrogen) atoms.